The summed E-state index contributed by atoms with van der Waals surface area (Å²) in [4.78, 5) is 4.91. The second-order valence-corrected chi connectivity index (χ2v) is 6.26. The van der Waals surface area contributed by atoms with E-state index in [9.17, 15) is 0 Å². The van der Waals surface area contributed by atoms with Gasteiger partial charge in [0, 0.05) is 23.7 Å². The van der Waals surface area contributed by atoms with Gasteiger partial charge in [0.15, 0.2) is 0 Å². The zero-order valence-electron chi connectivity index (χ0n) is 12.6. The Bertz CT molecular complexity index is 676. The van der Waals surface area contributed by atoms with E-state index >= 15 is 0 Å². The number of ether oxygens (including phenoxy) is 1. The lowest BCUT2D eigenvalue weighted by Crippen LogP contribution is -2.19. The van der Waals surface area contributed by atoms with E-state index in [4.69, 9.17) is 9.72 Å². The number of methoxy groups -OCH3 is 1. The SMILES string of the molecule is COc1ccc2nc3c(c(CNC4CC4)c2c1)CCCC3. The van der Waals surface area contributed by atoms with Gasteiger partial charge in [-0.05, 0) is 67.9 Å². The Morgan fingerprint density at radius 3 is 2.90 bits per heavy atom. The highest BCUT2D eigenvalue weighted by Gasteiger charge is 2.23. The lowest BCUT2D eigenvalue weighted by atomic mass is 9.89. The summed E-state index contributed by atoms with van der Waals surface area (Å²) in [6.07, 6.45) is 7.53. The minimum absolute atomic E-state index is 0.734. The fourth-order valence-corrected chi connectivity index (χ4v) is 3.36. The van der Waals surface area contributed by atoms with E-state index in [1.54, 1.807) is 7.11 Å². The van der Waals surface area contributed by atoms with Crippen molar-refractivity contribution in [2.24, 2.45) is 0 Å². The Balaban J connectivity index is 1.85. The highest BCUT2D eigenvalue weighted by atomic mass is 16.5. The van der Waals surface area contributed by atoms with E-state index in [0.29, 0.717) is 0 Å². The second-order valence-electron chi connectivity index (χ2n) is 6.26. The van der Waals surface area contributed by atoms with E-state index in [2.05, 4.69) is 17.4 Å². The summed E-state index contributed by atoms with van der Waals surface area (Å²) < 4.78 is 5.41. The Kier molecular flexibility index (Phi) is 3.30. The third-order valence-electron chi connectivity index (χ3n) is 4.73. The number of aromatic nitrogens is 1. The third-order valence-corrected chi connectivity index (χ3v) is 4.73. The van der Waals surface area contributed by atoms with Gasteiger partial charge in [0.25, 0.3) is 0 Å². The van der Waals surface area contributed by atoms with Gasteiger partial charge in [-0.15, -0.1) is 0 Å². The summed E-state index contributed by atoms with van der Waals surface area (Å²) in [6.45, 7) is 0.971. The fourth-order valence-electron chi connectivity index (χ4n) is 3.36. The number of aryl methyl sites for hydroxylation is 1. The highest BCUT2D eigenvalue weighted by molar-refractivity contribution is 5.85. The third kappa shape index (κ3) is 2.51. The molecule has 1 N–H and O–H groups in total. The summed E-state index contributed by atoms with van der Waals surface area (Å²) in [5.41, 5.74) is 5.39. The van der Waals surface area contributed by atoms with Crippen LogP contribution >= 0.6 is 0 Å². The summed E-state index contributed by atoms with van der Waals surface area (Å²) in [7, 11) is 1.73. The predicted octanol–water partition coefficient (Wildman–Crippen LogP) is 3.37. The van der Waals surface area contributed by atoms with Gasteiger partial charge in [-0.2, -0.15) is 0 Å². The monoisotopic (exact) mass is 282 g/mol. The van der Waals surface area contributed by atoms with Crippen LogP contribution in [0.2, 0.25) is 0 Å². The number of nitrogens with one attached hydrogen (secondary N) is 1. The number of rotatable bonds is 4. The van der Waals surface area contributed by atoms with Crippen LogP contribution in [0, 0.1) is 0 Å². The first-order valence-corrected chi connectivity index (χ1v) is 8.07. The van der Waals surface area contributed by atoms with Crippen molar-refractivity contribution in [2.75, 3.05) is 7.11 Å². The minimum atomic E-state index is 0.734. The molecule has 3 heteroatoms. The first-order chi connectivity index (χ1) is 10.3. The highest BCUT2D eigenvalue weighted by Crippen LogP contribution is 2.32. The predicted molar refractivity (Wildman–Crippen MR) is 84.8 cm³/mol. The number of fused-ring (bicyclic) bond motifs is 2. The molecule has 0 bridgehead atoms. The van der Waals surface area contributed by atoms with Crippen molar-refractivity contribution in [3.8, 4) is 5.75 Å². The van der Waals surface area contributed by atoms with Crippen molar-refractivity contribution in [1.29, 1.82) is 0 Å². The second kappa shape index (κ2) is 5.30. The normalized spacial score (nSPS) is 17.8. The van der Waals surface area contributed by atoms with Crippen LogP contribution < -0.4 is 10.1 Å². The van der Waals surface area contributed by atoms with Gasteiger partial charge >= 0.3 is 0 Å². The summed E-state index contributed by atoms with van der Waals surface area (Å²) >= 11 is 0. The Morgan fingerprint density at radius 1 is 1.24 bits per heavy atom. The molecular weight excluding hydrogens is 260 g/mol. The van der Waals surface area contributed by atoms with E-state index in [-0.39, 0.29) is 0 Å². The molecule has 4 rings (SSSR count). The van der Waals surface area contributed by atoms with Crippen molar-refractivity contribution in [2.45, 2.75) is 51.1 Å². The van der Waals surface area contributed by atoms with Gasteiger partial charge in [0.2, 0.25) is 0 Å². The number of nitrogens with zero attached hydrogens (tertiary/aromatic N) is 1. The van der Waals surface area contributed by atoms with Gasteiger partial charge in [0.05, 0.1) is 12.6 Å². The number of hydrogen-bond acceptors (Lipinski definition) is 3. The van der Waals surface area contributed by atoms with E-state index < -0.39 is 0 Å². The first-order valence-electron chi connectivity index (χ1n) is 8.07. The molecule has 1 aromatic carbocycles. The standard InChI is InChI=1S/C18H22N2O/c1-21-13-8-9-18-15(10-13)16(11-19-12-6-7-12)14-4-2-3-5-17(14)20-18/h8-10,12,19H,2-7,11H2,1H3. The molecule has 0 saturated heterocycles. The molecule has 0 radical (unpaired) electrons. The lowest BCUT2D eigenvalue weighted by molar-refractivity contribution is 0.415. The number of hydrogen-bond donors (Lipinski definition) is 1. The van der Waals surface area contributed by atoms with Crippen LogP contribution in [-0.2, 0) is 19.4 Å². The van der Waals surface area contributed by atoms with Crippen LogP contribution in [0.3, 0.4) is 0 Å². The topological polar surface area (TPSA) is 34.1 Å². The molecule has 1 saturated carbocycles. The molecule has 0 atom stereocenters. The maximum absolute atomic E-state index is 5.41. The first kappa shape index (κ1) is 13.1. The van der Waals surface area contributed by atoms with Crippen LogP contribution in [0.4, 0.5) is 0 Å². The molecule has 0 spiro atoms. The van der Waals surface area contributed by atoms with Gasteiger partial charge in [-0.3, -0.25) is 4.98 Å². The number of benzene rings is 1. The Morgan fingerprint density at radius 2 is 2.10 bits per heavy atom. The molecule has 110 valence electrons. The van der Waals surface area contributed by atoms with Gasteiger partial charge < -0.3 is 10.1 Å². The molecular formula is C18H22N2O. The molecule has 0 aliphatic heterocycles. The largest absolute Gasteiger partial charge is 0.497 e. The van der Waals surface area contributed by atoms with Gasteiger partial charge in [-0.1, -0.05) is 0 Å². The van der Waals surface area contributed by atoms with E-state index in [1.165, 1.54) is 54.3 Å². The van der Waals surface area contributed by atoms with Crippen molar-refractivity contribution in [1.82, 2.24) is 10.3 Å². The summed E-state index contributed by atoms with van der Waals surface area (Å²) in [5.74, 6) is 0.924. The molecule has 0 unspecified atom stereocenters. The van der Waals surface area contributed by atoms with E-state index in [0.717, 1.165) is 30.3 Å². The quantitative estimate of drug-likeness (QED) is 0.933. The maximum Gasteiger partial charge on any atom is 0.119 e. The average Bonchev–Trinajstić information content (AvgIpc) is 3.35. The molecule has 3 nitrogen and oxygen atoms in total. The van der Waals surface area contributed by atoms with Crippen LogP contribution in [0.25, 0.3) is 10.9 Å². The zero-order valence-corrected chi connectivity index (χ0v) is 12.6. The van der Waals surface area contributed by atoms with Crippen molar-refractivity contribution < 1.29 is 4.74 Å². The van der Waals surface area contributed by atoms with Crippen LogP contribution in [0.1, 0.15) is 42.5 Å². The number of pyridine rings is 1. The van der Waals surface area contributed by atoms with Crippen molar-refractivity contribution in [3.63, 3.8) is 0 Å². The van der Waals surface area contributed by atoms with Crippen molar-refractivity contribution in [3.05, 3.63) is 35.0 Å². The molecule has 1 fully saturated rings. The summed E-state index contributed by atoms with van der Waals surface area (Å²) in [6, 6.07) is 7.01. The minimum Gasteiger partial charge on any atom is -0.497 e. The Hall–Kier alpha value is -1.61. The average molecular weight is 282 g/mol. The van der Waals surface area contributed by atoms with Gasteiger partial charge in [-0.25, -0.2) is 0 Å². The molecule has 1 aromatic heterocycles. The maximum atomic E-state index is 5.41. The molecule has 21 heavy (non-hydrogen) atoms. The molecule has 0 amide bonds. The fraction of sp³-hybridized carbons (Fsp3) is 0.500. The smallest absolute Gasteiger partial charge is 0.119 e. The zero-order chi connectivity index (χ0) is 14.2. The summed E-state index contributed by atoms with van der Waals surface area (Å²) in [5, 5.41) is 4.95. The molecule has 1 heterocycles. The lowest BCUT2D eigenvalue weighted by Gasteiger charge is -2.21. The van der Waals surface area contributed by atoms with E-state index in [1.807, 2.05) is 6.07 Å². The van der Waals surface area contributed by atoms with Gasteiger partial charge in [0.1, 0.15) is 5.75 Å². The Labute approximate surface area is 125 Å². The van der Waals surface area contributed by atoms with Crippen molar-refractivity contribution >= 4 is 10.9 Å². The van der Waals surface area contributed by atoms with Crippen LogP contribution in [-0.4, -0.2) is 18.1 Å². The van der Waals surface area contributed by atoms with Crippen LogP contribution in [0.5, 0.6) is 5.75 Å². The molecule has 2 aromatic rings. The molecule has 2 aliphatic carbocycles. The van der Waals surface area contributed by atoms with Crippen LogP contribution in [0.15, 0.2) is 18.2 Å². The molecule has 2 aliphatic rings.